The molecule has 1 aromatic carbocycles. The van der Waals surface area contributed by atoms with Gasteiger partial charge in [0.1, 0.15) is 5.82 Å². The number of hydrogen-bond acceptors (Lipinski definition) is 3. The Morgan fingerprint density at radius 2 is 2.00 bits per heavy atom. The van der Waals surface area contributed by atoms with Crippen molar-refractivity contribution >= 4 is 29.9 Å². The second-order valence-corrected chi connectivity index (χ2v) is 6.61. The zero-order chi connectivity index (χ0) is 19.3. The van der Waals surface area contributed by atoms with Gasteiger partial charge in [-0.15, -0.1) is 24.0 Å². The highest BCUT2D eigenvalue weighted by Crippen LogP contribution is 2.18. The molecule has 8 heteroatoms. The number of likely N-dealkylation sites (N-methyl/N-ethyl adjacent to an activating group) is 1. The lowest BCUT2D eigenvalue weighted by atomic mass is 10.1. The van der Waals surface area contributed by atoms with Gasteiger partial charge in [0, 0.05) is 38.4 Å². The van der Waals surface area contributed by atoms with Crippen LogP contribution in [0.2, 0.25) is 0 Å². The molecule has 6 nitrogen and oxygen atoms in total. The van der Waals surface area contributed by atoms with Gasteiger partial charge < -0.3 is 15.5 Å². The van der Waals surface area contributed by atoms with E-state index < -0.39 is 0 Å². The molecule has 0 aliphatic rings. The molecule has 0 fully saturated rings. The molecule has 0 aliphatic heterocycles. The number of aryl methyl sites for hydroxylation is 2. The topological polar surface area (TPSA) is 57.5 Å². The van der Waals surface area contributed by atoms with Crippen molar-refractivity contribution in [2.75, 3.05) is 27.7 Å². The van der Waals surface area contributed by atoms with Gasteiger partial charge in [0.15, 0.2) is 5.96 Å². The van der Waals surface area contributed by atoms with Crippen molar-refractivity contribution in [3.05, 3.63) is 52.6 Å². The van der Waals surface area contributed by atoms with E-state index in [0.29, 0.717) is 19.0 Å². The van der Waals surface area contributed by atoms with Crippen molar-refractivity contribution in [2.45, 2.75) is 26.4 Å². The highest BCUT2D eigenvalue weighted by Gasteiger charge is 2.16. The predicted octanol–water partition coefficient (Wildman–Crippen LogP) is 2.76. The maximum Gasteiger partial charge on any atom is 0.191 e. The van der Waals surface area contributed by atoms with E-state index in [4.69, 9.17) is 0 Å². The Hall–Kier alpha value is -1.68. The normalized spacial score (nSPS) is 12.7. The average Bonchev–Trinajstić information content (AvgIpc) is 2.83. The van der Waals surface area contributed by atoms with Gasteiger partial charge in [-0.05, 0) is 45.6 Å². The number of rotatable bonds is 6. The number of benzene rings is 1. The van der Waals surface area contributed by atoms with E-state index in [-0.39, 0.29) is 35.8 Å². The van der Waals surface area contributed by atoms with E-state index in [0.717, 1.165) is 17.0 Å². The number of nitrogens with zero attached hydrogens (tertiary/aromatic N) is 4. The summed E-state index contributed by atoms with van der Waals surface area (Å²) < 4.78 is 15.4. The molecule has 0 amide bonds. The van der Waals surface area contributed by atoms with Crippen LogP contribution in [0.25, 0.3) is 0 Å². The van der Waals surface area contributed by atoms with E-state index in [1.807, 2.05) is 38.8 Å². The van der Waals surface area contributed by atoms with Crippen LogP contribution in [0.1, 0.15) is 28.6 Å². The molecule has 1 unspecified atom stereocenters. The standard InChI is InChI=1S/C19H29FN6.HI/c1-13-17(14(2)26(6)24-13)11-22-19(21-3)23-12-18(25(4)5)15-8-7-9-16(20)10-15;/h7-10,18H,11-12H2,1-6H3,(H2,21,22,23);1H. The van der Waals surface area contributed by atoms with E-state index in [1.54, 1.807) is 19.2 Å². The van der Waals surface area contributed by atoms with Crippen LogP contribution < -0.4 is 10.6 Å². The summed E-state index contributed by atoms with van der Waals surface area (Å²) in [5.41, 5.74) is 4.25. The van der Waals surface area contributed by atoms with Gasteiger partial charge in [0.2, 0.25) is 0 Å². The molecule has 0 saturated heterocycles. The van der Waals surface area contributed by atoms with Crippen molar-refractivity contribution in [1.82, 2.24) is 25.3 Å². The molecule has 0 bridgehead atoms. The number of halogens is 2. The van der Waals surface area contributed by atoms with Crippen LogP contribution in [0.15, 0.2) is 29.3 Å². The van der Waals surface area contributed by atoms with Gasteiger partial charge in [0.25, 0.3) is 0 Å². The fourth-order valence-electron chi connectivity index (χ4n) is 2.97. The highest BCUT2D eigenvalue weighted by atomic mass is 127. The maximum absolute atomic E-state index is 13.6. The van der Waals surface area contributed by atoms with Gasteiger partial charge in [-0.3, -0.25) is 9.67 Å². The summed E-state index contributed by atoms with van der Waals surface area (Å²) in [4.78, 5) is 6.35. The second kappa shape index (κ2) is 10.6. The lowest BCUT2D eigenvalue weighted by molar-refractivity contribution is 0.297. The molecule has 2 aromatic rings. The Morgan fingerprint density at radius 1 is 1.30 bits per heavy atom. The van der Waals surface area contributed by atoms with Crippen molar-refractivity contribution in [3.63, 3.8) is 0 Å². The van der Waals surface area contributed by atoms with Crippen LogP contribution in [-0.4, -0.2) is 48.3 Å². The zero-order valence-electron chi connectivity index (χ0n) is 16.9. The third-order valence-electron chi connectivity index (χ3n) is 4.63. The smallest absolute Gasteiger partial charge is 0.191 e. The first kappa shape index (κ1) is 23.4. The van der Waals surface area contributed by atoms with Gasteiger partial charge >= 0.3 is 0 Å². The van der Waals surface area contributed by atoms with Crippen LogP contribution in [0.5, 0.6) is 0 Å². The first-order valence-electron chi connectivity index (χ1n) is 8.69. The Labute approximate surface area is 178 Å². The van der Waals surface area contributed by atoms with Crippen molar-refractivity contribution in [3.8, 4) is 0 Å². The molecular weight excluding hydrogens is 458 g/mol. The Morgan fingerprint density at radius 3 is 2.52 bits per heavy atom. The lowest BCUT2D eigenvalue weighted by Crippen LogP contribution is -2.41. The Balaban J connectivity index is 0.00000364. The molecule has 27 heavy (non-hydrogen) atoms. The van der Waals surface area contributed by atoms with Crippen molar-refractivity contribution < 1.29 is 4.39 Å². The minimum absolute atomic E-state index is 0. The largest absolute Gasteiger partial charge is 0.354 e. The number of hydrogen-bond donors (Lipinski definition) is 2. The fourth-order valence-corrected chi connectivity index (χ4v) is 2.97. The van der Waals surface area contributed by atoms with Crippen LogP contribution in [0, 0.1) is 19.7 Å². The monoisotopic (exact) mass is 488 g/mol. The van der Waals surface area contributed by atoms with Gasteiger partial charge in [-0.2, -0.15) is 5.10 Å². The fraction of sp³-hybridized carbons (Fsp3) is 0.474. The number of guanidine groups is 1. The number of nitrogens with one attached hydrogen (secondary N) is 2. The zero-order valence-corrected chi connectivity index (χ0v) is 19.2. The lowest BCUT2D eigenvalue weighted by Gasteiger charge is -2.26. The molecule has 2 rings (SSSR count). The third kappa shape index (κ3) is 6.17. The van der Waals surface area contributed by atoms with Gasteiger partial charge in [-0.1, -0.05) is 12.1 Å². The molecule has 0 spiro atoms. The number of aliphatic imine (C=N–C) groups is 1. The molecule has 1 heterocycles. The molecule has 1 atom stereocenters. The van der Waals surface area contributed by atoms with E-state index in [1.165, 1.54) is 11.6 Å². The minimum atomic E-state index is -0.223. The second-order valence-electron chi connectivity index (χ2n) is 6.61. The first-order valence-corrected chi connectivity index (χ1v) is 8.69. The molecule has 2 N–H and O–H groups in total. The first-order chi connectivity index (χ1) is 12.3. The van der Waals surface area contributed by atoms with E-state index >= 15 is 0 Å². The summed E-state index contributed by atoms with van der Waals surface area (Å²) >= 11 is 0. The quantitative estimate of drug-likeness (QED) is 0.373. The molecule has 0 saturated carbocycles. The van der Waals surface area contributed by atoms with Gasteiger partial charge in [-0.25, -0.2) is 4.39 Å². The molecule has 1 aromatic heterocycles. The molecule has 0 aliphatic carbocycles. The van der Waals surface area contributed by atoms with Crippen molar-refractivity contribution in [2.24, 2.45) is 12.0 Å². The summed E-state index contributed by atoms with van der Waals surface area (Å²) in [7, 11) is 7.65. The van der Waals surface area contributed by atoms with Crippen LogP contribution in [-0.2, 0) is 13.6 Å². The van der Waals surface area contributed by atoms with Crippen molar-refractivity contribution in [1.29, 1.82) is 0 Å². The Bertz CT molecular complexity index is 772. The predicted molar refractivity (Wildman–Crippen MR) is 119 cm³/mol. The molecular formula is C19H30FIN6. The SMILES string of the molecule is CN=C(NCc1c(C)nn(C)c1C)NCC(c1cccc(F)c1)N(C)C.I. The Kier molecular flexibility index (Phi) is 9.17. The maximum atomic E-state index is 13.6. The number of aromatic nitrogens is 2. The van der Waals surface area contributed by atoms with E-state index in [2.05, 4.69) is 32.5 Å². The summed E-state index contributed by atoms with van der Waals surface area (Å²) in [5.74, 6) is 0.482. The summed E-state index contributed by atoms with van der Waals surface area (Å²) in [6, 6.07) is 6.75. The minimum Gasteiger partial charge on any atom is -0.354 e. The highest BCUT2D eigenvalue weighted by molar-refractivity contribution is 14.0. The van der Waals surface area contributed by atoms with Gasteiger partial charge in [0.05, 0.1) is 11.7 Å². The molecule has 0 radical (unpaired) electrons. The summed E-state index contributed by atoms with van der Waals surface area (Å²) in [6.07, 6.45) is 0. The molecule has 150 valence electrons. The van der Waals surface area contributed by atoms with Crippen LogP contribution in [0.4, 0.5) is 4.39 Å². The third-order valence-corrected chi connectivity index (χ3v) is 4.63. The summed E-state index contributed by atoms with van der Waals surface area (Å²) in [5, 5.41) is 11.1. The average molecular weight is 488 g/mol. The van der Waals surface area contributed by atoms with Crippen LogP contribution >= 0.6 is 24.0 Å². The van der Waals surface area contributed by atoms with Crippen LogP contribution in [0.3, 0.4) is 0 Å². The van der Waals surface area contributed by atoms with E-state index in [9.17, 15) is 4.39 Å². The summed E-state index contributed by atoms with van der Waals surface area (Å²) in [6.45, 7) is 5.32.